The Kier molecular flexibility index (Phi) is 7.02. The molecule has 0 aromatic heterocycles. The van der Waals surface area contributed by atoms with Crippen LogP contribution < -0.4 is 10.6 Å². The van der Waals surface area contributed by atoms with Crippen molar-refractivity contribution in [3.8, 4) is 0 Å². The number of carbonyl (C=O) groups excluding carboxylic acids is 2. The molecule has 1 atom stereocenters. The van der Waals surface area contributed by atoms with Gasteiger partial charge in [-0.15, -0.1) is 0 Å². The van der Waals surface area contributed by atoms with Crippen molar-refractivity contribution < 1.29 is 24.2 Å². The van der Waals surface area contributed by atoms with Crippen molar-refractivity contribution in [3.63, 3.8) is 0 Å². The summed E-state index contributed by atoms with van der Waals surface area (Å²) in [6.07, 6.45) is 6.27. The van der Waals surface area contributed by atoms with E-state index in [2.05, 4.69) is 10.6 Å². The summed E-state index contributed by atoms with van der Waals surface area (Å²) in [6, 6.07) is 0.160. The van der Waals surface area contributed by atoms with Crippen molar-refractivity contribution >= 4 is 17.8 Å². The van der Waals surface area contributed by atoms with Gasteiger partial charge in [0.1, 0.15) is 0 Å². The van der Waals surface area contributed by atoms with Crippen molar-refractivity contribution in [2.24, 2.45) is 11.8 Å². The molecular weight excluding hydrogens is 312 g/mol. The van der Waals surface area contributed by atoms with E-state index in [1.807, 2.05) is 0 Å². The van der Waals surface area contributed by atoms with Crippen LogP contribution in [0.5, 0.6) is 0 Å². The third-order valence-electron chi connectivity index (χ3n) is 5.19. The monoisotopic (exact) mass is 340 g/mol. The zero-order valence-corrected chi connectivity index (χ0v) is 14.3. The lowest BCUT2D eigenvalue weighted by molar-refractivity contribution is -0.148. The SMILES string of the molecule is COC(CNC(=O)C1CCC(NC(=O)C2CCCC2)CC1)C(=O)O. The number of carboxylic acid groups (broad SMARTS) is 1. The molecule has 24 heavy (non-hydrogen) atoms. The fourth-order valence-electron chi connectivity index (χ4n) is 3.62. The van der Waals surface area contributed by atoms with Gasteiger partial charge >= 0.3 is 5.97 Å². The maximum absolute atomic E-state index is 12.1. The molecular formula is C17H28N2O5. The van der Waals surface area contributed by atoms with Crippen LogP contribution in [-0.2, 0) is 19.1 Å². The average Bonchev–Trinajstić information content (AvgIpc) is 3.10. The first kappa shape index (κ1) is 18.7. The van der Waals surface area contributed by atoms with Crippen molar-refractivity contribution in [1.29, 1.82) is 0 Å². The summed E-state index contributed by atoms with van der Waals surface area (Å²) in [5, 5.41) is 14.7. The lowest BCUT2D eigenvalue weighted by Crippen LogP contribution is -2.44. The van der Waals surface area contributed by atoms with Crippen molar-refractivity contribution in [3.05, 3.63) is 0 Å². The molecule has 7 heteroatoms. The summed E-state index contributed by atoms with van der Waals surface area (Å²) in [6.45, 7) is -0.0248. The maximum atomic E-state index is 12.1. The van der Waals surface area contributed by atoms with Crippen LogP contribution in [0.2, 0.25) is 0 Å². The first-order valence-electron chi connectivity index (χ1n) is 8.85. The van der Waals surface area contributed by atoms with Gasteiger partial charge in [0.15, 0.2) is 6.10 Å². The number of aliphatic carboxylic acids is 1. The summed E-state index contributed by atoms with van der Waals surface area (Å²) < 4.78 is 4.80. The zero-order valence-electron chi connectivity index (χ0n) is 14.3. The van der Waals surface area contributed by atoms with Crippen LogP contribution in [0.3, 0.4) is 0 Å². The van der Waals surface area contributed by atoms with Gasteiger partial charge in [0.05, 0.1) is 6.54 Å². The second-order valence-electron chi connectivity index (χ2n) is 6.85. The van der Waals surface area contributed by atoms with Crippen LogP contribution in [0, 0.1) is 11.8 Å². The molecule has 3 N–H and O–H groups in total. The smallest absolute Gasteiger partial charge is 0.334 e. The predicted octanol–water partition coefficient (Wildman–Crippen LogP) is 1.07. The largest absolute Gasteiger partial charge is 0.479 e. The minimum atomic E-state index is -1.09. The van der Waals surface area contributed by atoms with Gasteiger partial charge in [0.25, 0.3) is 0 Å². The number of hydrogen-bond acceptors (Lipinski definition) is 4. The lowest BCUT2D eigenvalue weighted by Gasteiger charge is -2.29. The van der Waals surface area contributed by atoms with Crippen molar-refractivity contribution in [1.82, 2.24) is 10.6 Å². The summed E-state index contributed by atoms with van der Waals surface area (Å²) in [5.74, 6) is -0.983. The van der Waals surface area contributed by atoms with E-state index in [4.69, 9.17) is 9.84 Å². The summed E-state index contributed by atoms with van der Waals surface area (Å²) in [5.41, 5.74) is 0. The Morgan fingerprint density at radius 2 is 1.58 bits per heavy atom. The molecule has 2 rings (SSSR count). The third-order valence-corrected chi connectivity index (χ3v) is 5.19. The van der Waals surface area contributed by atoms with Gasteiger partial charge in [-0.2, -0.15) is 0 Å². The second-order valence-corrected chi connectivity index (χ2v) is 6.85. The number of ether oxygens (including phenoxy) is 1. The molecule has 2 saturated carbocycles. The molecule has 2 fully saturated rings. The van der Waals surface area contributed by atoms with Gasteiger partial charge in [-0.05, 0) is 38.5 Å². The van der Waals surface area contributed by atoms with Crippen molar-refractivity contribution in [2.45, 2.75) is 63.5 Å². The molecule has 0 aromatic carbocycles. The molecule has 2 aliphatic carbocycles. The van der Waals surface area contributed by atoms with Crippen LogP contribution in [0.1, 0.15) is 51.4 Å². The highest BCUT2D eigenvalue weighted by molar-refractivity contribution is 5.81. The average molecular weight is 340 g/mol. The fraction of sp³-hybridized carbons (Fsp3) is 0.824. The first-order chi connectivity index (χ1) is 11.5. The number of amides is 2. The molecule has 7 nitrogen and oxygen atoms in total. The Hall–Kier alpha value is -1.63. The molecule has 1 unspecified atom stereocenters. The summed E-state index contributed by atoms with van der Waals surface area (Å²) in [7, 11) is 1.31. The molecule has 2 amide bonds. The second kappa shape index (κ2) is 9.01. The Morgan fingerprint density at radius 1 is 1.00 bits per heavy atom. The highest BCUT2D eigenvalue weighted by Crippen LogP contribution is 2.27. The topological polar surface area (TPSA) is 105 Å². The van der Waals surface area contributed by atoms with E-state index >= 15 is 0 Å². The normalized spacial score (nSPS) is 25.9. The minimum absolute atomic E-state index is 0.0248. The Morgan fingerprint density at radius 3 is 2.12 bits per heavy atom. The Labute approximate surface area is 142 Å². The summed E-state index contributed by atoms with van der Waals surface area (Å²) in [4.78, 5) is 35.1. The van der Waals surface area contributed by atoms with E-state index in [1.54, 1.807) is 0 Å². The molecule has 2 aliphatic rings. The molecule has 136 valence electrons. The van der Waals surface area contributed by atoms with Crippen molar-refractivity contribution in [2.75, 3.05) is 13.7 Å². The number of hydrogen-bond donors (Lipinski definition) is 3. The molecule has 0 spiro atoms. The molecule has 0 bridgehead atoms. The van der Waals surface area contributed by atoms with Gasteiger partial charge < -0.3 is 20.5 Å². The van der Waals surface area contributed by atoms with E-state index in [0.29, 0.717) is 12.8 Å². The van der Waals surface area contributed by atoms with Gasteiger partial charge in [-0.1, -0.05) is 12.8 Å². The quantitative estimate of drug-likeness (QED) is 0.643. The lowest BCUT2D eigenvalue weighted by atomic mass is 9.85. The zero-order chi connectivity index (χ0) is 17.5. The third kappa shape index (κ3) is 5.19. The summed E-state index contributed by atoms with van der Waals surface area (Å²) >= 11 is 0. The van der Waals surface area contributed by atoms with Crippen LogP contribution in [0.25, 0.3) is 0 Å². The Balaban J connectivity index is 1.68. The molecule has 0 heterocycles. The standard InChI is InChI=1S/C17H28N2O5/c1-24-14(17(22)23)10-18-15(20)12-6-8-13(9-7-12)19-16(21)11-4-2-3-5-11/h11-14H,2-10H2,1H3,(H,18,20)(H,19,21)(H,22,23). The minimum Gasteiger partial charge on any atom is -0.479 e. The molecule has 0 aliphatic heterocycles. The van der Waals surface area contributed by atoms with E-state index in [1.165, 1.54) is 7.11 Å². The van der Waals surface area contributed by atoms with Gasteiger partial charge in [0.2, 0.25) is 11.8 Å². The van der Waals surface area contributed by atoms with Gasteiger partial charge in [-0.25, -0.2) is 4.79 Å². The fourth-order valence-corrected chi connectivity index (χ4v) is 3.62. The van der Waals surface area contributed by atoms with Crippen LogP contribution in [0.4, 0.5) is 0 Å². The highest BCUT2D eigenvalue weighted by atomic mass is 16.5. The van der Waals surface area contributed by atoms with E-state index in [0.717, 1.165) is 38.5 Å². The molecule has 0 radical (unpaired) electrons. The highest BCUT2D eigenvalue weighted by Gasteiger charge is 2.30. The molecule has 0 aromatic rings. The molecule has 0 saturated heterocycles. The van der Waals surface area contributed by atoms with Gasteiger partial charge in [0, 0.05) is 25.0 Å². The predicted molar refractivity (Wildman–Crippen MR) is 87.3 cm³/mol. The van der Waals surface area contributed by atoms with Crippen LogP contribution in [-0.4, -0.2) is 48.7 Å². The number of methoxy groups -OCH3 is 1. The van der Waals surface area contributed by atoms with E-state index in [-0.39, 0.29) is 36.2 Å². The number of carbonyl (C=O) groups is 3. The Bertz CT molecular complexity index is 454. The van der Waals surface area contributed by atoms with Crippen LogP contribution >= 0.6 is 0 Å². The van der Waals surface area contributed by atoms with E-state index in [9.17, 15) is 14.4 Å². The van der Waals surface area contributed by atoms with Gasteiger partial charge in [-0.3, -0.25) is 9.59 Å². The number of rotatable bonds is 7. The maximum Gasteiger partial charge on any atom is 0.334 e. The van der Waals surface area contributed by atoms with E-state index < -0.39 is 12.1 Å². The van der Waals surface area contributed by atoms with Crippen LogP contribution in [0.15, 0.2) is 0 Å². The first-order valence-corrected chi connectivity index (χ1v) is 8.85. The number of nitrogens with one attached hydrogen (secondary N) is 2. The number of carboxylic acids is 1.